The molecule has 2 aromatic rings. The number of aryl methyl sites for hydroxylation is 1. The van der Waals surface area contributed by atoms with E-state index < -0.39 is 11.6 Å². The first-order chi connectivity index (χ1) is 9.99. The van der Waals surface area contributed by atoms with Crippen molar-refractivity contribution in [3.8, 4) is 0 Å². The molecule has 1 N–H and O–H groups in total. The number of rotatable bonds is 6. The van der Waals surface area contributed by atoms with E-state index in [1.54, 1.807) is 11.3 Å². The third-order valence-corrected chi connectivity index (χ3v) is 4.59. The van der Waals surface area contributed by atoms with Crippen LogP contribution in [0.15, 0.2) is 18.2 Å². The molecule has 0 saturated heterocycles. The fourth-order valence-corrected chi connectivity index (χ4v) is 3.41. The van der Waals surface area contributed by atoms with Gasteiger partial charge in [-0.15, -0.1) is 11.3 Å². The zero-order chi connectivity index (χ0) is 15.4. The zero-order valence-corrected chi connectivity index (χ0v) is 13.4. The third kappa shape index (κ3) is 4.32. The Hall–Kier alpha value is -1.33. The molecule has 0 spiro atoms. The summed E-state index contributed by atoms with van der Waals surface area (Å²) in [6.07, 6.45) is 1.54. The summed E-state index contributed by atoms with van der Waals surface area (Å²) in [6.45, 7) is 7.18. The SMILES string of the molecule is CCCNC(C)c1sc(Cc2cc(F)cc(F)c2)nc1C. The van der Waals surface area contributed by atoms with Crippen molar-refractivity contribution in [2.75, 3.05) is 6.54 Å². The Morgan fingerprint density at radius 2 is 1.90 bits per heavy atom. The van der Waals surface area contributed by atoms with Gasteiger partial charge in [-0.3, -0.25) is 0 Å². The summed E-state index contributed by atoms with van der Waals surface area (Å²) in [4.78, 5) is 5.72. The van der Waals surface area contributed by atoms with Crippen LogP contribution < -0.4 is 5.32 Å². The summed E-state index contributed by atoms with van der Waals surface area (Å²) in [7, 11) is 0. The van der Waals surface area contributed by atoms with E-state index in [0.29, 0.717) is 12.0 Å². The van der Waals surface area contributed by atoms with Crippen LogP contribution in [-0.4, -0.2) is 11.5 Å². The lowest BCUT2D eigenvalue weighted by Gasteiger charge is -2.11. The van der Waals surface area contributed by atoms with E-state index >= 15 is 0 Å². The number of halogens is 2. The van der Waals surface area contributed by atoms with Gasteiger partial charge in [0, 0.05) is 23.4 Å². The van der Waals surface area contributed by atoms with Crippen molar-refractivity contribution in [3.05, 3.63) is 51.0 Å². The first-order valence-electron chi connectivity index (χ1n) is 7.14. The predicted molar refractivity (Wildman–Crippen MR) is 82.7 cm³/mol. The highest BCUT2D eigenvalue weighted by Gasteiger charge is 2.14. The lowest BCUT2D eigenvalue weighted by Crippen LogP contribution is -2.18. The average Bonchev–Trinajstić information content (AvgIpc) is 2.75. The van der Waals surface area contributed by atoms with Crippen LogP contribution in [0.1, 0.15) is 47.5 Å². The van der Waals surface area contributed by atoms with E-state index in [-0.39, 0.29) is 6.04 Å². The van der Waals surface area contributed by atoms with Gasteiger partial charge in [0.2, 0.25) is 0 Å². The van der Waals surface area contributed by atoms with Crippen LogP contribution in [0.3, 0.4) is 0 Å². The van der Waals surface area contributed by atoms with Crippen molar-refractivity contribution in [2.24, 2.45) is 0 Å². The Morgan fingerprint density at radius 3 is 2.52 bits per heavy atom. The van der Waals surface area contributed by atoms with Crippen molar-refractivity contribution >= 4 is 11.3 Å². The maximum atomic E-state index is 13.2. The second kappa shape index (κ2) is 7.09. The van der Waals surface area contributed by atoms with Gasteiger partial charge in [-0.2, -0.15) is 0 Å². The number of nitrogens with one attached hydrogen (secondary N) is 1. The lowest BCUT2D eigenvalue weighted by atomic mass is 10.1. The largest absolute Gasteiger partial charge is 0.309 e. The molecule has 0 bridgehead atoms. The first kappa shape index (κ1) is 16.0. The molecule has 1 atom stereocenters. The van der Waals surface area contributed by atoms with Gasteiger partial charge in [0.25, 0.3) is 0 Å². The molecule has 1 heterocycles. The molecule has 2 nitrogen and oxygen atoms in total. The molecule has 1 unspecified atom stereocenters. The molecule has 0 aliphatic carbocycles. The van der Waals surface area contributed by atoms with Crippen molar-refractivity contribution in [2.45, 2.75) is 39.7 Å². The molecule has 0 saturated carbocycles. The molecule has 5 heteroatoms. The topological polar surface area (TPSA) is 24.9 Å². The Kier molecular flexibility index (Phi) is 5.42. The van der Waals surface area contributed by atoms with E-state index in [0.717, 1.165) is 29.7 Å². The molecular weight excluding hydrogens is 290 g/mol. The van der Waals surface area contributed by atoms with Crippen molar-refractivity contribution in [1.29, 1.82) is 0 Å². The molecular formula is C16H20F2N2S. The minimum atomic E-state index is -0.545. The minimum Gasteiger partial charge on any atom is -0.309 e. The Morgan fingerprint density at radius 1 is 1.24 bits per heavy atom. The van der Waals surface area contributed by atoms with Gasteiger partial charge in [-0.1, -0.05) is 6.92 Å². The molecule has 21 heavy (non-hydrogen) atoms. The van der Waals surface area contributed by atoms with Crippen molar-refractivity contribution < 1.29 is 8.78 Å². The van der Waals surface area contributed by atoms with Crippen LogP contribution in [0, 0.1) is 18.6 Å². The standard InChI is InChI=1S/C16H20F2N2S/c1-4-5-19-10(2)16-11(3)20-15(21-16)8-12-6-13(17)9-14(18)7-12/h6-7,9-10,19H,4-5,8H2,1-3H3. The highest BCUT2D eigenvalue weighted by molar-refractivity contribution is 7.11. The lowest BCUT2D eigenvalue weighted by molar-refractivity contribution is 0.575. The van der Waals surface area contributed by atoms with Crippen LogP contribution in [0.4, 0.5) is 8.78 Å². The van der Waals surface area contributed by atoms with E-state index in [1.165, 1.54) is 17.0 Å². The highest BCUT2D eigenvalue weighted by Crippen LogP contribution is 2.26. The number of aromatic nitrogens is 1. The average molecular weight is 310 g/mol. The van der Waals surface area contributed by atoms with Crippen LogP contribution in [0.25, 0.3) is 0 Å². The smallest absolute Gasteiger partial charge is 0.126 e. The summed E-state index contributed by atoms with van der Waals surface area (Å²) in [5.74, 6) is -1.09. The summed E-state index contributed by atoms with van der Waals surface area (Å²) in [5.41, 5.74) is 1.60. The number of hydrogen-bond acceptors (Lipinski definition) is 3. The molecule has 2 rings (SSSR count). The van der Waals surface area contributed by atoms with Crippen LogP contribution >= 0.6 is 11.3 Å². The zero-order valence-electron chi connectivity index (χ0n) is 12.5. The number of benzene rings is 1. The van der Waals surface area contributed by atoms with Gasteiger partial charge >= 0.3 is 0 Å². The Bertz CT molecular complexity index is 590. The second-order valence-electron chi connectivity index (χ2n) is 5.19. The highest BCUT2D eigenvalue weighted by atomic mass is 32.1. The molecule has 0 radical (unpaired) electrons. The fraction of sp³-hybridized carbons (Fsp3) is 0.438. The molecule has 114 valence electrons. The fourth-order valence-electron chi connectivity index (χ4n) is 2.28. The summed E-state index contributed by atoms with van der Waals surface area (Å²) in [6, 6.07) is 3.86. The van der Waals surface area contributed by atoms with E-state index in [4.69, 9.17) is 0 Å². The van der Waals surface area contributed by atoms with Crippen LogP contribution in [0.5, 0.6) is 0 Å². The van der Waals surface area contributed by atoms with E-state index in [2.05, 4.69) is 24.1 Å². The van der Waals surface area contributed by atoms with Crippen LogP contribution in [-0.2, 0) is 6.42 Å². The van der Waals surface area contributed by atoms with Gasteiger partial charge < -0.3 is 5.32 Å². The number of hydrogen-bond donors (Lipinski definition) is 1. The van der Waals surface area contributed by atoms with E-state index in [9.17, 15) is 8.78 Å². The second-order valence-corrected chi connectivity index (χ2v) is 6.30. The minimum absolute atomic E-state index is 0.250. The van der Waals surface area contributed by atoms with Gasteiger partial charge in [0.1, 0.15) is 11.6 Å². The first-order valence-corrected chi connectivity index (χ1v) is 7.95. The third-order valence-electron chi connectivity index (χ3n) is 3.25. The molecule has 0 aliphatic heterocycles. The quantitative estimate of drug-likeness (QED) is 0.856. The van der Waals surface area contributed by atoms with E-state index in [1.807, 2.05) is 6.92 Å². The molecule has 0 aliphatic rings. The molecule has 0 fully saturated rings. The normalized spacial score (nSPS) is 12.6. The maximum absolute atomic E-state index is 13.2. The van der Waals surface area contributed by atoms with Crippen molar-refractivity contribution in [1.82, 2.24) is 10.3 Å². The predicted octanol–water partition coefficient (Wildman–Crippen LogP) is 4.38. The summed E-state index contributed by atoms with van der Waals surface area (Å²) in [5, 5.41) is 4.32. The molecule has 0 amide bonds. The maximum Gasteiger partial charge on any atom is 0.126 e. The van der Waals surface area contributed by atoms with Crippen LogP contribution in [0.2, 0.25) is 0 Å². The van der Waals surface area contributed by atoms with Gasteiger partial charge in [-0.05, 0) is 44.5 Å². The van der Waals surface area contributed by atoms with Crippen molar-refractivity contribution in [3.63, 3.8) is 0 Å². The molecule has 1 aromatic heterocycles. The Labute approximate surface area is 128 Å². The monoisotopic (exact) mass is 310 g/mol. The van der Waals surface area contributed by atoms with Gasteiger partial charge in [0.15, 0.2) is 0 Å². The number of nitrogens with zero attached hydrogens (tertiary/aromatic N) is 1. The van der Waals surface area contributed by atoms with Gasteiger partial charge in [-0.25, -0.2) is 13.8 Å². The number of thiazole rings is 1. The summed E-state index contributed by atoms with van der Waals surface area (Å²) >= 11 is 1.61. The van der Waals surface area contributed by atoms with Gasteiger partial charge in [0.05, 0.1) is 10.7 Å². The Balaban J connectivity index is 2.14. The molecule has 1 aromatic carbocycles. The summed E-state index contributed by atoms with van der Waals surface area (Å²) < 4.78 is 26.4.